The first kappa shape index (κ1) is 30.2. The van der Waals surface area contributed by atoms with Crippen molar-refractivity contribution in [1.29, 1.82) is 0 Å². The molecule has 1 aromatic carbocycles. The Bertz CT molecular complexity index is 921. The van der Waals surface area contributed by atoms with Gasteiger partial charge in [-0.05, 0) is 123 Å². The third kappa shape index (κ3) is 10.1. The molecule has 0 spiro atoms. The Kier molecular flexibility index (Phi) is 12.8. The Balaban J connectivity index is 1.86. The van der Waals surface area contributed by atoms with E-state index in [2.05, 4.69) is 72.8 Å². The summed E-state index contributed by atoms with van der Waals surface area (Å²) in [4.78, 5) is 0. The molecular weight excluding hydrogens is 448 g/mol. The Labute approximate surface area is 220 Å². The van der Waals surface area contributed by atoms with Crippen molar-refractivity contribution in [3.63, 3.8) is 0 Å². The van der Waals surface area contributed by atoms with Crippen LogP contribution in [0.4, 0.5) is 0 Å². The normalized spacial score (nSPS) is 18.0. The van der Waals surface area contributed by atoms with Crippen LogP contribution in [0.25, 0.3) is 0 Å². The summed E-state index contributed by atoms with van der Waals surface area (Å²) < 4.78 is 23.0. The number of ether oxygens (including phenoxy) is 4. The van der Waals surface area contributed by atoms with Crippen LogP contribution >= 0.6 is 0 Å². The maximum atomic E-state index is 6.65. The standard InChI is InChI=1S/C32H50O4/c1-24(2)12-9-13-25(3)14-10-15-26(4)16-11-18-32(7)19-17-29-22-30(35-23-34-21-20-33-8)27(5)28(6)31(29)36-32/h12,14,16,22H,9-11,13,15,17-21,23H2,1-8H3/b25-14+,26-16+. The van der Waals surface area contributed by atoms with E-state index in [0.29, 0.717) is 13.2 Å². The minimum absolute atomic E-state index is 0.131. The maximum absolute atomic E-state index is 6.65. The van der Waals surface area contributed by atoms with Crippen LogP contribution in [-0.2, 0) is 15.9 Å². The lowest BCUT2D eigenvalue weighted by molar-refractivity contribution is -0.00904. The van der Waals surface area contributed by atoms with Crippen LogP contribution < -0.4 is 9.47 Å². The third-order valence-corrected chi connectivity index (χ3v) is 7.16. The predicted octanol–water partition coefficient (Wildman–Crippen LogP) is 8.59. The lowest BCUT2D eigenvalue weighted by Gasteiger charge is -2.37. The molecule has 0 bridgehead atoms. The molecule has 4 heteroatoms. The lowest BCUT2D eigenvalue weighted by Crippen LogP contribution is -2.36. The summed E-state index contributed by atoms with van der Waals surface area (Å²) in [6, 6.07) is 2.14. The highest BCUT2D eigenvalue weighted by molar-refractivity contribution is 5.53. The van der Waals surface area contributed by atoms with Crippen molar-refractivity contribution in [3.05, 3.63) is 57.7 Å². The van der Waals surface area contributed by atoms with Gasteiger partial charge in [-0.1, -0.05) is 34.9 Å². The molecule has 36 heavy (non-hydrogen) atoms. The lowest BCUT2D eigenvalue weighted by atomic mass is 9.86. The van der Waals surface area contributed by atoms with E-state index in [9.17, 15) is 0 Å². The van der Waals surface area contributed by atoms with Crippen molar-refractivity contribution in [2.45, 2.75) is 105 Å². The molecule has 4 nitrogen and oxygen atoms in total. The van der Waals surface area contributed by atoms with Crippen molar-refractivity contribution >= 4 is 0 Å². The van der Waals surface area contributed by atoms with Crippen LogP contribution in [0.1, 0.15) is 96.3 Å². The zero-order valence-corrected chi connectivity index (χ0v) is 24.2. The first-order chi connectivity index (χ1) is 17.1. The van der Waals surface area contributed by atoms with Crippen LogP contribution in [0.5, 0.6) is 11.5 Å². The molecule has 2 rings (SSSR count). The van der Waals surface area contributed by atoms with Crippen molar-refractivity contribution < 1.29 is 18.9 Å². The SMILES string of the molecule is COCCOCOc1cc2c(c(C)c1C)OC(C)(CC/C=C(\C)CC/C=C(\C)CCC=C(C)C)CC2. The Morgan fingerprint density at radius 2 is 1.61 bits per heavy atom. The molecule has 0 aliphatic carbocycles. The van der Waals surface area contributed by atoms with Crippen LogP contribution in [0.3, 0.4) is 0 Å². The largest absolute Gasteiger partial charge is 0.487 e. The smallest absolute Gasteiger partial charge is 0.189 e. The molecule has 0 aromatic heterocycles. The van der Waals surface area contributed by atoms with E-state index in [1.165, 1.54) is 34.3 Å². The van der Waals surface area contributed by atoms with Crippen LogP contribution in [0, 0.1) is 13.8 Å². The fourth-order valence-corrected chi connectivity index (χ4v) is 4.55. The number of methoxy groups -OCH3 is 1. The molecule has 0 saturated heterocycles. The summed E-state index contributed by atoms with van der Waals surface area (Å²) in [7, 11) is 1.67. The second-order valence-corrected chi connectivity index (χ2v) is 10.8. The quantitative estimate of drug-likeness (QED) is 0.138. The molecule has 1 aromatic rings. The van der Waals surface area contributed by atoms with Gasteiger partial charge in [0, 0.05) is 7.11 Å². The molecule has 0 amide bonds. The van der Waals surface area contributed by atoms with Gasteiger partial charge in [-0.3, -0.25) is 0 Å². The second-order valence-electron chi connectivity index (χ2n) is 10.8. The van der Waals surface area contributed by atoms with E-state index in [-0.39, 0.29) is 12.4 Å². The maximum Gasteiger partial charge on any atom is 0.189 e. The Hall–Kier alpha value is -2.04. The summed E-state index contributed by atoms with van der Waals surface area (Å²) in [6.07, 6.45) is 15.8. The minimum atomic E-state index is -0.131. The highest BCUT2D eigenvalue weighted by atomic mass is 16.7. The third-order valence-electron chi connectivity index (χ3n) is 7.16. The topological polar surface area (TPSA) is 36.9 Å². The second kappa shape index (κ2) is 15.3. The van der Waals surface area contributed by atoms with Gasteiger partial charge >= 0.3 is 0 Å². The van der Waals surface area contributed by atoms with Gasteiger partial charge in [-0.25, -0.2) is 0 Å². The van der Waals surface area contributed by atoms with Gasteiger partial charge in [0.25, 0.3) is 0 Å². The fourth-order valence-electron chi connectivity index (χ4n) is 4.55. The number of benzene rings is 1. The van der Waals surface area contributed by atoms with Gasteiger partial charge in [0.15, 0.2) is 6.79 Å². The monoisotopic (exact) mass is 498 g/mol. The number of allylic oxidation sites excluding steroid dienone is 6. The molecular formula is C32H50O4. The predicted molar refractivity (Wildman–Crippen MR) is 151 cm³/mol. The van der Waals surface area contributed by atoms with E-state index in [1.54, 1.807) is 7.11 Å². The van der Waals surface area contributed by atoms with E-state index in [4.69, 9.17) is 18.9 Å². The Morgan fingerprint density at radius 1 is 0.944 bits per heavy atom. The molecule has 0 saturated carbocycles. The number of rotatable bonds is 15. The molecule has 202 valence electrons. The highest BCUT2D eigenvalue weighted by Crippen LogP contribution is 2.42. The van der Waals surface area contributed by atoms with Gasteiger partial charge in [0.2, 0.25) is 0 Å². The molecule has 1 unspecified atom stereocenters. The molecule has 1 aliphatic rings. The molecule has 1 heterocycles. The molecule has 1 aliphatic heterocycles. The molecule has 1 atom stereocenters. The van der Waals surface area contributed by atoms with Crippen molar-refractivity contribution in [1.82, 2.24) is 0 Å². The van der Waals surface area contributed by atoms with E-state index in [1.807, 2.05) is 0 Å². The highest BCUT2D eigenvalue weighted by Gasteiger charge is 2.32. The van der Waals surface area contributed by atoms with Crippen molar-refractivity contribution in [2.75, 3.05) is 27.1 Å². The van der Waals surface area contributed by atoms with E-state index in [0.717, 1.165) is 62.0 Å². The number of fused-ring (bicyclic) bond motifs is 1. The van der Waals surface area contributed by atoms with E-state index < -0.39 is 0 Å². The average molecular weight is 499 g/mol. The zero-order chi connectivity index (χ0) is 26.6. The van der Waals surface area contributed by atoms with E-state index >= 15 is 0 Å². The number of hydrogen-bond donors (Lipinski definition) is 0. The number of hydrogen-bond acceptors (Lipinski definition) is 4. The van der Waals surface area contributed by atoms with Crippen LogP contribution in [0.2, 0.25) is 0 Å². The molecule has 0 radical (unpaired) electrons. The summed E-state index contributed by atoms with van der Waals surface area (Å²) in [6.45, 7) is 16.7. The van der Waals surface area contributed by atoms with Crippen LogP contribution in [-0.4, -0.2) is 32.7 Å². The van der Waals surface area contributed by atoms with Crippen molar-refractivity contribution in [3.8, 4) is 11.5 Å². The fraction of sp³-hybridized carbons (Fsp3) is 0.625. The van der Waals surface area contributed by atoms with Gasteiger partial charge < -0.3 is 18.9 Å². The average Bonchev–Trinajstić information content (AvgIpc) is 2.82. The van der Waals surface area contributed by atoms with Gasteiger partial charge in [-0.15, -0.1) is 0 Å². The first-order valence-electron chi connectivity index (χ1n) is 13.6. The Morgan fingerprint density at radius 3 is 2.28 bits per heavy atom. The van der Waals surface area contributed by atoms with Gasteiger partial charge in [0.1, 0.15) is 17.1 Å². The van der Waals surface area contributed by atoms with Crippen molar-refractivity contribution in [2.24, 2.45) is 0 Å². The summed E-state index contributed by atoms with van der Waals surface area (Å²) in [5.41, 5.74) is 7.78. The summed E-state index contributed by atoms with van der Waals surface area (Å²) in [5, 5.41) is 0. The van der Waals surface area contributed by atoms with Gasteiger partial charge in [0.05, 0.1) is 13.2 Å². The first-order valence-corrected chi connectivity index (χ1v) is 13.6. The van der Waals surface area contributed by atoms with Crippen LogP contribution in [0.15, 0.2) is 41.0 Å². The number of aryl methyl sites for hydroxylation is 1. The van der Waals surface area contributed by atoms with Gasteiger partial charge in [-0.2, -0.15) is 0 Å². The summed E-state index contributed by atoms with van der Waals surface area (Å²) in [5.74, 6) is 1.93. The molecule has 0 N–H and O–H groups in total. The summed E-state index contributed by atoms with van der Waals surface area (Å²) >= 11 is 0. The zero-order valence-electron chi connectivity index (χ0n) is 24.2. The minimum Gasteiger partial charge on any atom is -0.487 e. The molecule has 0 fully saturated rings.